The summed E-state index contributed by atoms with van der Waals surface area (Å²) in [4.78, 5) is 33.5. The SMILES string of the molecule is O=C(c1ccc(C2C=Nc3ccccc3C2)cc1)N1CCN(C(=O)C2(O)CCC2)CC1. The largest absolute Gasteiger partial charge is 0.380 e. The van der Waals surface area contributed by atoms with Gasteiger partial charge in [-0.2, -0.15) is 0 Å². The van der Waals surface area contributed by atoms with Gasteiger partial charge in [-0.05, 0) is 55.0 Å². The van der Waals surface area contributed by atoms with Crippen LogP contribution in [0.3, 0.4) is 0 Å². The van der Waals surface area contributed by atoms with Crippen LogP contribution in [-0.4, -0.2) is 64.7 Å². The lowest BCUT2D eigenvalue weighted by Crippen LogP contribution is -2.58. The Bertz CT molecular complexity index is 1020. The summed E-state index contributed by atoms with van der Waals surface area (Å²) in [5.74, 6) is 0.0282. The van der Waals surface area contributed by atoms with Crippen molar-refractivity contribution in [3.05, 3.63) is 65.2 Å². The van der Waals surface area contributed by atoms with Gasteiger partial charge in [0.25, 0.3) is 11.8 Å². The maximum atomic E-state index is 12.9. The Morgan fingerprint density at radius 3 is 2.29 bits per heavy atom. The van der Waals surface area contributed by atoms with Crippen LogP contribution < -0.4 is 0 Å². The van der Waals surface area contributed by atoms with Gasteiger partial charge in [0, 0.05) is 43.9 Å². The zero-order chi connectivity index (χ0) is 21.4. The molecule has 31 heavy (non-hydrogen) atoms. The molecule has 2 amide bonds. The molecule has 2 aromatic rings. The second kappa shape index (κ2) is 7.93. The molecule has 5 rings (SSSR count). The molecule has 1 atom stereocenters. The average molecular weight is 418 g/mol. The highest BCUT2D eigenvalue weighted by atomic mass is 16.3. The van der Waals surface area contributed by atoms with E-state index < -0.39 is 5.60 Å². The van der Waals surface area contributed by atoms with E-state index in [1.807, 2.05) is 48.7 Å². The molecule has 2 aliphatic heterocycles. The van der Waals surface area contributed by atoms with E-state index in [1.54, 1.807) is 9.80 Å². The lowest BCUT2D eigenvalue weighted by molar-refractivity contribution is -0.161. The number of rotatable bonds is 3. The van der Waals surface area contributed by atoms with Crippen molar-refractivity contribution in [2.24, 2.45) is 4.99 Å². The predicted octanol–water partition coefficient (Wildman–Crippen LogP) is 2.93. The van der Waals surface area contributed by atoms with Gasteiger partial charge in [0.2, 0.25) is 0 Å². The van der Waals surface area contributed by atoms with Crippen LogP contribution in [0.25, 0.3) is 0 Å². The highest BCUT2D eigenvalue weighted by molar-refractivity contribution is 5.94. The van der Waals surface area contributed by atoms with E-state index in [0.29, 0.717) is 44.6 Å². The quantitative estimate of drug-likeness (QED) is 0.835. The van der Waals surface area contributed by atoms with Crippen molar-refractivity contribution in [2.45, 2.75) is 37.2 Å². The Morgan fingerprint density at radius 2 is 1.61 bits per heavy atom. The van der Waals surface area contributed by atoms with Gasteiger partial charge in [-0.25, -0.2) is 0 Å². The molecule has 0 bridgehead atoms. The number of para-hydroxylation sites is 1. The number of nitrogens with zero attached hydrogens (tertiary/aromatic N) is 3. The molecule has 1 unspecified atom stereocenters. The molecule has 0 spiro atoms. The molecular formula is C25H27N3O3. The van der Waals surface area contributed by atoms with Gasteiger partial charge < -0.3 is 14.9 Å². The Balaban J connectivity index is 1.20. The second-order valence-electron chi connectivity index (χ2n) is 8.81. The van der Waals surface area contributed by atoms with E-state index in [-0.39, 0.29) is 17.7 Å². The summed E-state index contributed by atoms with van der Waals surface area (Å²) >= 11 is 0. The number of amides is 2. The van der Waals surface area contributed by atoms with Crippen LogP contribution in [0.4, 0.5) is 5.69 Å². The number of hydrogen-bond donors (Lipinski definition) is 1. The maximum absolute atomic E-state index is 12.9. The first-order valence-corrected chi connectivity index (χ1v) is 11.1. The predicted molar refractivity (Wildman–Crippen MR) is 119 cm³/mol. The van der Waals surface area contributed by atoms with Crippen molar-refractivity contribution in [1.82, 2.24) is 9.80 Å². The van der Waals surface area contributed by atoms with Crippen molar-refractivity contribution in [1.29, 1.82) is 0 Å². The number of benzene rings is 2. The third-order valence-corrected chi connectivity index (χ3v) is 6.84. The van der Waals surface area contributed by atoms with Crippen molar-refractivity contribution >= 4 is 23.7 Å². The van der Waals surface area contributed by atoms with E-state index >= 15 is 0 Å². The summed E-state index contributed by atoms with van der Waals surface area (Å²) in [6, 6.07) is 16.0. The van der Waals surface area contributed by atoms with Crippen LogP contribution in [-0.2, 0) is 11.2 Å². The van der Waals surface area contributed by atoms with Crippen LogP contribution in [0.2, 0.25) is 0 Å². The normalized spacial score (nSPS) is 21.9. The summed E-state index contributed by atoms with van der Waals surface area (Å²) in [6.45, 7) is 1.94. The van der Waals surface area contributed by atoms with Gasteiger partial charge in [-0.3, -0.25) is 14.6 Å². The fraction of sp³-hybridized carbons (Fsp3) is 0.400. The number of hydrogen-bond acceptors (Lipinski definition) is 4. The van der Waals surface area contributed by atoms with Crippen LogP contribution in [0, 0.1) is 0 Å². The zero-order valence-electron chi connectivity index (χ0n) is 17.5. The highest BCUT2D eigenvalue weighted by Gasteiger charge is 2.45. The maximum Gasteiger partial charge on any atom is 0.254 e. The van der Waals surface area contributed by atoms with Gasteiger partial charge in [-0.1, -0.05) is 30.3 Å². The molecule has 0 radical (unpaired) electrons. The van der Waals surface area contributed by atoms with Crippen molar-refractivity contribution in [3.63, 3.8) is 0 Å². The van der Waals surface area contributed by atoms with E-state index in [2.05, 4.69) is 11.1 Å². The molecule has 1 saturated heterocycles. The average Bonchev–Trinajstić information content (AvgIpc) is 2.81. The van der Waals surface area contributed by atoms with Gasteiger partial charge in [0.1, 0.15) is 5.60 Å². The molecule has 6 heteroatoms. The topological polar surface area (TPSA) is 73.2 Å². The minimum atomic E-state index is -1.16. The van der Waals surface area contributed by atoms with E-state index in [4.69, 9.17) is 0 Å². The van der Waals surface area contributed by atoms with Crippen LogP contribution in [0.1, 0.15) is 46.7 Å². The molecular weight excluding hydrogens is 390 g/mol. The van der Waals surface area contributed by atoms with Crippen molar-refractivity contribution in [3.8, 4) is 0 Å². The fourth-order valence-corrected chi connectivity index (χ4v) is 4.66. The number of fused-ring (bicyclic) bond motifs is 1. The summed E-state index contributed by atoms with van der Waals surface area (Å²) in [7, 11) is 0. The molecule has 1 aliphatic carbocycles. The number of aliphatic imine (C=N–C) groups is 1. The van der Waals surface area contributed by atoms with Crippen LogP contribution in [0.5, 0.6) is 0 Å². The van der Waals surface area contributed by atoms with Crippen LogP contribution >= 0.6 is 0 Å². The summed E-state index contributed by atoms with van der Waals surface area (Å²) in [5.41, 5.74) is 2.93. The molecule has 1 N–H and O–H groups in total. The molecule has 160 valence electrons. The van der Waals surface area contributed by atoms with Crippen LogP contribution in [0.15, 0.2) is 53.5 Å². The lowest BCUT2D eigenvalue weighted by Gasteiger charge is -2.42. The molecule has 1 saturated carbocycles. The minimum Gasteiger partial charge on any atom is -0.380 e. The van der Waals surface area contributed by atoms with Crippen molar-refractivity contribution < 1.29 is 14.7 Å². The van der Waals surface area contributed by atoms with E-state index in [0.717, 1.165) is 24.1 Å². The first kappa shape index (κ1) is 19.9. The molecule has 6 nitrogen and oxygen atoms in total. The Kier molecular flexibility index (Phi) is 5.10. The third-order valence-electron chi connectivity index (χ3n) is 6.84. The molecule has 2 heterocycles. The number of piperazine rings is 1. The molecule has 2 fully saturated rings. The van der Waals surface area contributed by atoms with Gasteiger partial charge in [-0.15, -0.1) is 0 Å². The minimum absolute atomic E-state index is 0.0105. The Labute approximate surface area is 182 Å². The fourth-order valence-electron chi connectivity index (χ4n) is 4.66. The highest BCUT2D eigenvalue weighted by Crippen LogP contribution is 2.34. The lowest BCUT2D eigenvalue weighted by atomic mass is 9.79. The van der Waals surface area contributed by atoms with Crippen molar-refractivity contribution in [2.75, 3.05) is 26.2 Å². The zero-order valence-corrected chi connectivity index (χ0v) is 17.5. The van der Waals surface area contributed by atoms with Gasteiger partial charge in [0.05, 0.1) is 5.69 Å². The monoisotopic (exact) mass is 417 g/mol. The molecule has 2 aromatic carbocycles. The van der Waals surface area contributed by atoms with E-state index in [9.17, 15) is 14.7 Å². The Hall–Kier alpha value is -2.99. The summed E-state index contributed by atoms with van der Waals surface area (Å²) in [6.07, 6.45) is 4.90. The second-order valence-corrected chi connectivity index (χ2v) is 8.81. The van der Waals surface area contributed by atoms with Gasteiger partial charge in [0.15, 0.2) is 0 Å². The molecule has 0 aromatic heterocycles. The first-order valence-electron chi connectivity index (χ1n) is 11.1. The van der Waals surface area contributed by atoms with Gasteiger partial charge >= 0.3 is 0 Å². The third kappa shape index (κ3) is 3.76. The summed E-state index contributed by atoms with van der Waals surface area (Å²) in [5, 5.41) is 10.3. The van der Waals surface area contributed by atoms with E-state index in [1.165, 1.54) is 5.56 Å². The smallest absolute Gasteiger partial charge is 0.254 e. The summed E-state index contributed by atoms with van der Waals surface area (Å²) < 4.78 is 0. The number of carbonyl (C=O) groups is 2. The number of carbonyl (C=O) groups excluding carboxylic acids is 2. The molecule has 3 aliphatic rings. The number of aliphatic hydroxyl groups is 1. The first-order chi connectivity index (χ1) is 15.0. The standard InChI is InChI=1S/C25H27N3O3/c29-23(27-12-14-28(15-13-27)24(30)25(31)10-3-11-25)19-8-6-18(7-9-19)21-16-20-4-1-2-5-22(20)26-17-21/h1-2,4-9,17,21,31H,3,10-16H2. The Morgan fingerprint density at radius 1 is 0.935 bits per heavy atom.